The largest absolute Gasteiger partial charge is 0.376 e. The highest BCUT2D eigenvalue weighted by atomic mass is 79.9. The Balaban J connectivity index is 2.18. The lowest BCUT2D eigenvalue weighted by Crippen LogP contribution is -2.05. The van der Waals surface area contributed by atoms with Crippen LogP contribution in [0.4, 0.5) is 5.69 Å². The molecule has 0 saturated carbocycles. The minimum absolute atomic E-state index is 0.197. The normalized spacial score (nSPS) is 12.5. The van der Waals surface area contributed by atoms with Gasteiger partial charge in [-0.15, -0.1) is 11.3 Å². The van der Waals surface area contributed by atoms with Crippen molar-refractivity contribution in [2.45, 2.75) is 13.0 Å². The van der Waals surface area contributed by atoms with Crippen LogP contribution >= 0.6 is 50.5 Å². The van der Waals surface area contributed by atoms with Crippen LogP contribution in [0.3, 0.4) is 0 Å². The number of nitrogens with one attached hydrogen (secondary N) is 1. The highest BCUT2D eigenvalue weighted by Crippen LogP contribution is 2.32. The molecule has 0 aliphatic rings. The Morgan fingerprint density at radius 1 is 1.24 bits per heavy atom. The molecule has 1 aromatic heterocycles. The fourth-order valence-electron chi connectivity index (χ4n) is 1.47. The summed E-state index contributed by atoms with van der Waals surface area (Å²) in [5.74, 6) is 0. The predicted molar refractivity (Wildman–Crippen MR) is 80.5 cm³/mol. The van der Waals surface area contributed by atoms with Crippen LogP contribution in [0.15, 0.2) is 34.1 Å². The Bertz CT molecular complexity index is 527. The molecular weight excluding hydrogens is 341 g/mol. The van der Waals surface area contributed by atoms with Gasteiger partial charge in [0, 0.05) is 9.90 Å². The van der Waals surface area contributed by atoms with E-state index in [0.717, 1.165) is 9.47 Å². The maximum Gasteiger partial charge on any atom is 0.0702 e. The molecule has 1 N–H and O–H groups in total. The Morgan fingerprint density at radius 3 is 2.65 bits per heavy atom. The first-order chi connectivity index (χ1) is 8.06. The molecule has 1 atom stereocenters. The minimum Gasteiger partial charge on any atom is -0.376 e. The van der Waals surface area contributed by atoms with Crippen molar-refractivity contribution >= 4 is 56.2 Å². The van der Waals surface area contributed by atoms with Gasteiger partial charge in [0.1, 0.15) is 0 Å². The van der Waals surface area contributed by atoms with Gasteiger partial charge in [0.25, 0.3) is 0 Å². The van der Waals surface area contributed by atoms with Gasteiger partial charge < -0.3 is 5.32 Å². The Morgan fingerprint density at radius 2 is 2.00 bits per heavy atom. The molecule has 2 rings (SSSR count). The average molecular weight is 351 g/mol. The lowest BCUT2D eigenvalue weighted by molar-refractivity contribution is 0.908. The molecule has 1 heterocycles. The highest BCUT2D eigenvalue weighted by Gasteiger charge is 2.10. The summed E-state index contributed by atoms with van der Waals surface area (Å²) in [7, 11) is 0. The Hall–Kier alpha value is -0.220. The molecule has 0 aliphatic heterocycles. The number of thiophene rings is 1. The molecular formula is C12H10BrCl2NS. The molecule has 0 fully saturated rings. The van der Waals surface area contributed by atoms with E-state index in [0.29, 0.717) is 10.0 Å². The van der Waals surface area contributed by atoms with Crippen LogP contribution in [-0.2, 0) is 0 Å². The Kier molecular flexibility index (Phi) is 4.36. The Labute approximate surface area is 123 Å². The van der Waals surface area contributed by atoms with Crippen LogP contribution in [-0.4, -0.2) is 0 Å². The summed E-state index contributed by atoms with van der Waals surface area (Å²) in [4.78, 5) is 1.24. The third kappa shape index (κ3) is 3.38. The van der Waals surface area contributed by atoms with Gasteiger partial charge in [-0.25, -0.2) is 0 Å². The standard InChI is InChI=1S/C12H10BrCl2NS/c1-7(11-4-5-12(13)17-11)16-10-6-8(14)2-3-9(10)15/h2-7,16H,1H3. The molecule has 17 heavy (non-hydrogen) atoms. The van der Waals surface area contributed by atoms with Crippen LogP contribution in [0.2, 0.25) is 10.0 Å². The molecule has 0 aliphatic carbocycles. The van der Waals surface area contributed by atoms with E-state index in [2.05, 4.69) is 34.2 Å². The fourth-order valence-corrected chi connectivity index (χ4v) is 3.24. The van der Waals surface area contributed by atoms with Gasteiger partial charge >= 0.3 is 0 Å². The SMILES string of the molecule is CC(Nc1cc(Cl)ccc1Cl)c1ccc(Br)s1. The van der Waals surface area contributed by atoms with Crippen molar-refractivity contribution in [3.05, 3.63) is 49.0 Å². The van der Waals surface area contributed by atoms with E-state index in [1.165, 1.54) is 4.88 Å². The minimum atomic E-state index is 0.197. The van der Waals surface area contributed by atoms with Crippen molar-refractivity contribution in [1.82, 2.24) is 0 Å². The second-order valence-electron chi connectivity index (χ2n) is 3.63. The third-order valence-electron chi connectivity index (χ3n) is 2.32. The van der Waals surface area contributed by atoms with Gasteiger partial charge in [-0.1, -0.05) is 23.2 Å². The van der Waals surface area contributed by atoms with Crippen molar-refractivity contribution in [2.24, 2.45) is 0 Å². The summed E-state index contributed by atoms with van der Waals surface area (Å²) in [6, 6.07) is 9.73. The molecule has 1 aromatic carbocycles. The molecule has 0 spiro atoms. The summed E-state index contributed by atoms with van der Waals surface area (Å²) >= 11 is 17.2. The van der Waals surface area contributed by atoms with E-state index in [9.17, 15) is 0 Å². The lowest BCUT2D eigenvalue weighted by atomic mass is 10.2. The molecule has 5 heteroatoms. The summed E-state index contributed by atoms with van der Waals surface area (Å²) in [5, 5.41) is 4.71. The van der Waals surface area contributed by atoms with Crippen molar-refractivity contribution in [3.63, 3.8) is 0 Å². The first-order valence-electron chi connectivity index (χ1n) is 5.03. The third-order valence-corrected chi connectivity index (χ3v) is 4.69. The van der Waals surface area contributed by atoms with E-state index in [1.54, 1.807) is 23.5 Å². The smallest absolute Gasteiger partial charge is 0.0702 e. The monoisotopic (exact) mass is 349 g/mol. The van der Waals surface area contributed by atoms with Crippen molar-refractivity contribution in [3.8, 4) is 0 Å². The summed E-state index contributed by atoms with van der Waals surface area (Å²) in [6.07, 6.45) is 0. The number of anilines is 1. The predicted octanol–water partition coefficient (Wildman–Crippen LogP) is 5.99. The van der Waals surface area contributed by atoms with Gasteiger partial charge in [0.2, 0.25) is 0 Å². The number of hydrogen-bond acceptors (Lipinski definition) is 2. The zero-order valence-electron chi connectivity index (χ0n) is 9.01. The van der Waals surface area contributed by atoms with Gasteiger partial charge in [0.15, 0.2) is 0 Å². The first kappa shape index (κ1) is 13.2. The fraction of sp³-hybridized carbons (Fsp3) is 0.167. The van der Waals surface area contributed by atoms with Gasteiger partial charge in [-0.05, 0) is 53.2 Å². The van der Waals surface area contributed by atoms with Gasteiger partial charge in [-0.3, -0.25) is 0 Å². The van der Waals surface area contributed by atoms with Crippen LogP contribution in [0.25, 0.3) is 0 Å². The van der Waals surface area contributed by atoms with E-state index < -0.39 is 0 Å². The van der Waals surface area contributed by atoms with E-state index in [-0.39, 0.29) is 6.04 Å². The topological polar surface area (TPSA) is 12.0 Å². The zero-order valence-corrected chi connectivity index (χ0v) is 12.9. The summed E-state index contributed by atoms with van der Waals surface area (Å²) in [6.45, 7) is 2.09. The number of rotatable bonds is 3. The van der Waals surface area contributed by atoms with Gasteiger partial charge in [-0.2, -0.15) is 0 Å². The number of benzene rings is 1. The van der Waals surface area contributed by atoms with E-state index >= 15 is 0 Å². The quantitative estimate of drug-likeness (QED) is 0.716. The first-order valence-corrected chi connectivity index (χ1v) is 7.39. The summed E-state index contributed by atoms with van der Waals surface area (Å²) in [5.41, 5.74) is 0.858. The molecule has 1 nitrogen and oxygen atoms in total. The number of halogens is 3. The van der Waals surface area contributed by atoms with E-state index in [1.807, 2.05) is 12.1 Å². The van der Waals surface area contributed by atoms with Crippen molar-refractivity contribution in [1.29, 1.82) is 0 Å². The van der Waals surface area contributed by atoms with Crippen LogP contribution in [0.5, 0.6) is 0 Å². The number of hydrogen-bond donors (Lipinski definition) is 1. The highest BCUT2D eigenvalue weighted by molar-refractivity contribution is 9.11. The molecule has 0 amide bonds. The van der Waals surface area contributed by atoms with Crippen LogP contribution < -0.4 is 5.32 Å². The maximum absolute atomic E-state index is 6.11. The molecule has 0 saturated heterocycles. The van der Waals surface area contributed by atoms with Crippen molar-refractivity contribution < 1.29 is 0 Å². The average Bonchev–Trinajstić information content (AvgIpc) is 2.70. The lowest BCUT2D eigenvalue weighted by Gasteiger charge is -2.15. The second kappa shape index (κ2) is 5.61. The molecule has 90 valence electrons. The van der Waals surface area contributed by atoms with Crippen LogP contribution in [0, 0.1) is 0 Å². The molecule has 0 radical (unpaired) electrons. The molecule has 1 unspecified atom stereocenters. The second-order valence-corrected chi connectivity index (χ2v) is 6.97. The van der Waals surface area contributed by atoms with E-state index in [4.69, 9.17) is 23.2 Å². The van der Waals surface area contributed by atoms with Crippen LogP contribution in [0.1, 0.15) is 17.8 Å². The summed E-state index contributed by atoms with van der Waals surface area (Å²) < 4.78 is 1.12. The van der Waals surface area contributed by atoms with Gasteiger partial charge in [0.05, 0.1) is 20.5 Å². The maximum atomic E-state index is 6.11. The zero-order chi connectivity index (χ0) is 12.4. The van der Waals surface area contributed by atoms with Crippen molar-refractivity contribution in [2.75, 3.05) is 5.32 Å². The molecule has 0 bridgehead atoms. The molecule has 2 aromatic rings.